The Labute approximate surface area is 178 Å². The molecule has 1 amide bonds. The van der Waals surface area contributed by atoms with Crippen LogP contribution in [0.3, 0.4) is 0 Å². The highest BCUT2D eigenvalue weighted by Crippen LogP contribution is 2.20. The molecule has 0 saturated heterocycles. The van der Waals surface area contributed by atoms with Gasteiger partial charge in [-0.1, -0.05) is 40.2 Å². The van der Waals surface area contributed by atoms with E-state index in [0.29, 0.717) is 11.4 Å². The first-order chi connectivity index (χ1) is 13.9. The van der Waals surface area contributed by atoms with E-state index in [9.17, 15) is 13.2 Å². The number of carbonyl (C=O) groups excluding carboxylic acids is 1. The van der Waals surface area contributed by atoms with E-state index in [4.69, 9.17) is 4.74 Å². The van der Waals surface area contributed by atoms with Gasteiger partial charge in [-0.15, -0.1) is 0 Å². The molecule has 0 radical (unpaired) electrons. The Kier molecular flexibility index (Phi) is 6.56. The Morgan fingerprint density at radius 2 is 1.72 bits per heavy atom. The number of amides is 1. The normalized spacial score (nSPS) is 11.0. The minimum atomic E-state index is -3.83. The van der Waals surface area contributed by atoms with Gasteiger partial charge >= 0.3 is 0 Å². The van der Waals surface area contributed by atoms with E-state index in [1.54, 1.807) is 37.4 Å². The fraction of sp³-hybridized carbons (Fsp3) is 0.0952. The molecular formula is C21H19BrN2O4S. The molecule has 6 nitrogen and oxygen atoms in total. The number of methoxy groups -OCH3 is 1. The van der Waals surface area contributed by atoms with Crippen LogP contribution in [0.4, 0.5) is 5.69 Å². The zero-order chi connectivity index (χ0) is 20.9. The summed E-state index contributed by atoms with van der Waals surface area (Å²) in [6.07, 6.45) is 0. The number of benzene rings is 3. The van der Waals surface area contributed by atoms with Gasteiger partial charge in [0, 0.05) is 27.8 Å². The second-order valence-corrected chi connectivity index (χ2v) is 8.73. The monoisotopic (exact) mass is 474 g/mol. The van der Waals surface area contributed by atoms with Gasteiger partial charge in [0.25, 0.3) is 15.9 Å². The molecule has 3 aromatic rings. The molecule has 29 heavy (non-hydrogen) atoms. The lowest BCUT2D eigenvalue weighted by Gasteiger charge is -2.11. The van der Waals surface area contributed by atoms with Crippen molar-refractivity contribution < 1.29 is 17.9 Å². The molecule has 8 heteroatoms. The lowest BCUT2D eigenvalue weighted by molar-refractivity contribution is 0.0950. The fourth-order valence-electron chi connectivity index (χ4n) is 2.66. The zero-order valence-corrected chi connectivity index (χ0v) is 18.0. The molecule has 0 spiro atoms. The number of rotatable bonds is 7. The molecule has 0 fully saturated rings. The van der Waals surface area contributed by atoms with Gasteiger partial charge in [-0.2, -0.15) is 0 Å². The molecule has 0 bridgehead atoms. The van der Waals surface area contributed by atoms with Crippen LogP contribution in [0.25, 0.3) is 0 Å². The van der Waals surface area contributed by atoms with Gasteiger partial charge < -0.3 is 10.1 Å². The molecule has 2 N–H and O–H groups in total. The maximum absolute atomic E-state index is 12.7. The largest absolute Gasteiger partial charge is 0.496 e. The lowest BCUT2D eigenvalue weighted by Crippen LogP contribution is -2.23. The summed E-state index contributed by atoms with van der Waals surface area (Å²) >= 11 is 3.31. The average molecular weight is 475 g/mol. The van der Waals surface area contributed by atoms with Crippen LogP contribution in [-0.4, -0.2) is 21.4 Å². The summed E-state index contributed by atoms with van der Waals surface area (Å²) in [6.45, 7) is 0.261. The van der Waals surface area contributed by atoms with Crippen LogP contribution >= 0.6 is 15.9 Å². The van der Waals surface area contributed by atoms with Crippen molar-refractivity contribution in [2.45, 2.75) is 11.4 Å². The summed E-state index contributed by atoms with van der Waals surface area (Å²) in [6, 6.07) is 20.0. The topological polar surface area (TPSA) is 84.5 Å². The van der Waals surface area contributed by atoms with E-state index in [-0.39, 0.29) is 22.9 Å². The first-order valence-corrected chi connectivity index (χ1v) is 11.0. The first kappa shape index (κ1) is 20.9. The Bertz CT molecular complexity index is 1120. The molecule has 0 aliphatic rings. The van der Waals surface area contributed by atoms with Crippen LogP contribution in [0.2, 0.25) is 0 Å². The van der Waals surface area contributed by atoms with Crippen molar-refractivity contribution in [2.24, 2.45) is 0 Å². The van der Waals surface area contributed by atoms with E-state index in [1.165, 1.54) is 18.2 Å². The standard InChI is InChI=1S/C21H19BrN2O4S/c1-28-20-8-3-2-5-16(20)14-23-21(25)15-6-4-7-19(13-15)29(26,27)24-18-11-9-17(22)10-12-18/h2-13,24H,14H2,1H3,(H,23,25). The Balaban J connectivity index is 1.74. The summed E-state index contributed by atoms with van der Waals surface area (Å²) in [4.78, 5) is 12.5. The number of anilines is 1. The molecule has 0 saturated carbocycles. The van der Waals surface area contributed by atoms with E-state index in [2.05, 4.69) is 26.0 Å². The van der Waals surface area contributed by atoms with Crippen LogP contribution in [0.5, 0.6) is 5.75 Å². The third kappa shape index (κ3) is 5.36. The van der Waals surface area contributed by atoms with Crippen molar-refractivity contribution in [2.75, 3.05) is 11.8 Å². The van der Waals surface area contributed by atoms with Crippen LogP contribution in [0, 0.1) is 0 Å². The van der Waals surface area contributed by atoms with Crippen molar-refractivity contribution in [3.8, 4) is 5.75 Å². The summed E-state index contributed by atoms with van der Waals surface area (Å²) in [5.41, 5.74) is 1.50. The number of hydrogen-bond acceptors (Lipinski definition) is 4. The van der Waals surface area contributed by atoms with Gasteiger partial charge in [0.1, 0.15) is 5.75 Å². The van der Waals surface area contributed by atoms with Crippen molar-refractivity contribution in [3.63, 3.8) is 0 Å². The van der Waals surface area contributed by atoms with E-state index >= 15 is 0 Å². The Hall–Kier alpha value is -2.84. The molecule has 3 rings (SSSR count). The number of ether oxygens (including phenoxy) is 1. The second-order valence-electron chi connectivity index (χ2n) is 6.13. The molecule has 3 aromatic carbocycles. The maximum Gasteiger partial charge on any atom is 0.261 e. The molecule has 0 heterocycles. The highest BCUT2D eigenvalue weighted by Gasteiger charge is 2.17. The third-order valence-electron chi connectivity index (χ3n) is 4.13. The smallest absolute Gasteiger partial charge is 0.261 e. The molecule has 0 unspecified atom stereocenters. The van der Waals surface area contributed by atoms with Gasteiger partial charge in [0.05, 0.1) is 12.0 Å². The fourth-order valence-corrected chi connectivity index (χ4v) is 4.03. The summed E-state index contributed by atoms with van der Waals surface area (Å²) in [7, 11) is -2.26. The van der Waals surface area contributed by atoms with Gasteiger partial charge in [0.15, 0.2) is 0 Å². The molecule has 0 aliphatic carbocycles. The predicted molar refractivity (Wildman–Crippen MR) is 116 cm³/mol. The van der Waals surface area contributed by atoms with Crippen LogP contribution in [-0.2, 0) is 16.6 Å². The van der Waals surface area contributed by atoms with Crippen LogP contribution < -0.4 is 14.8 Å². The van der Waals surface area contributed by atoms with E-state index < -0.39 is 10.0 Å². The SMILES string of the molecule is COc1ccccc1CNC(=O)c1cccc(S(=O)(=O)Nc2ccc(Br)cc2)c1. The zero-order valence-electron chi connectivity index (χ0n) is 15.6. The number of carbonyl (C=O) groups is 1. The lowest BCUT2D eigenvalue weighted by atomic mass is 10.2. The molecular weight excluding hydrogens is 456 g/mol. The summed E-state index contributed by atoms with van der Waals surface area (Å²) in [5, 5.41) is 2.79. The minimum absolute atomic E-state index is 0.00496. The van der Waals surface area contributed by atoms with Gasteiger partial charge in [-0.25, -0.2) is 8.42 Å². The number of nitrogens with one attached hydrogen (secondary N) is 2. The highest BCUT2D eigenvalue weighted by atomic mass is 79.9. The van der Waals surface area contributed by atoms with Crippen molar-refractivity contribution in [3.05, 3.63) is 88.4 Å². The maximum atomic E-state index is 12.7. The highest BCUT2D eigenvalue weighted by molar-refractivity contribution is 9.10. The van der Waals surface area contributed by atoms with E-state index in [1.807, 2.05) is 24.3 Å². The Morgan fingerprint density at radius 3 is 2.45 bits per heavy atom. The number of halogens is 1. The number of hydrogen-bond donors (Lipinski definition) is 2. The van der Waals surface area contributed by atoms with Gasteiger partial charge in [0.2, 0.25) is 0 Å². The van der Waals surface area contributed by atoms with Crippen LogP contribution in [0.1, 0.15) is 15.9 Å². The van der Waals surface area contributed by atoms with E-state index in [0.717, 1.165) is 10.0 Å². The van der Waals surface area contributed by atoms with Crippen molar-refractivity contribution in [1.82, 2.24) is 5.32 Å². The second kappa shape index (κ2) is 9.11. The van der Waals surface area contributed by atoms with Crippen molar-refractivity contribution in [1.29, 1.82) is 0 Å². The number of para-hydroxylation sites is 1. The average Bonchev–Trinajstić information content (AvgIpc) is 2.74. The molecule has 0 aromatic heterocycles. The van der Waals surface area contributed by atoms with Gasteiger partial charge in [-0.05, 0) is 48.5 Å². The number of sulfonamides is 1. The minimum Gasteiger partial charge on any atom is -0.496 e. The summed E-state index contributed by atoms with van der Waals surface area (Å²) < 4.78 is 33.9. The third-order valence-corrected chi connectivity index (χ3v) is 6.04. The molecule has 0 atom stereocenters. The summed E-state index contributed by atoms with van der Waals surface area (Å²) in [5.74, 6) is 0.291. The Morgan fingerprint density at radius 1 is 1.00 bits per heavy atom. The first-order valence-electron chi connectivity index (χ1n) is 8.67. The van der Waals surface area contributed by atoms with Crippen LogP contribution in [0.15, 0.2) is 82.2 Å². The van der Waals surface area contributed by atoms with Gasteiger partial charge in [-0.3, -0.25) is 9.52 Å². The molecule has 0 aliphatic heterocycles. The van der Waals surface area contributed by atoms with Crippen molar-refractivity contribution >= 4 is 37.5 Å². The quantitative estimate of drug-likeness (QED) is 0.537. The predicted octanol–water partition coefficient (Wildman–Crippen LogP) is 4.19. The molecule has 150 valence electrons.